The molecule has 0 spiro atoms. The molecule has 0 fully saturated rings. The van der Waals surface area contributed by atoms with E-state index in [2.05, 4.69) is 118 Å². The highest BCUT2D eigenvalue weighted by Crippen LogP contribution is 2.42. The highest BCUT2D eigenvalue weighted by Gasteiger charge is 2.21. The minimum absolute atomic E-state index is 0.520. The minimum Gasteiger partial charge on any atom is -0.309 e. The van der Waals surface area contributed by atoms with Crippen molar-refractivity contribution in [1.82, 2.24) is 9.13 Å². The van der Waals surface area contributed by atoms with Gasteiger partial charge in [-0.15, -0.1) is 0 Å². The molecule has 0 radical (unpaired) electrons. The van der Waals surface area contributed by atoms with E-state index in [0.29, 0.717) is 16.7 Å². The van der Waals surface area contributed by atoms with E-state index in [0.717, 1.165) is 66.5 Å². The van der Waals surface area contributed by atoms with Gasteiger partial charge in [0.25, 0.3) is 0 Å². The van der Waals surface area contributed by atoms with Gasteiger partial charge in [0.15, 0.2) is 0 Å². The molecule has 0 aliphatic rings. The summed E-state index contributed by atoms with van der Waals surface area (Å²) >= 11 is 0. The fourth-order valence-electron chi connectivity index (χ4n) is 7.46. The van der Waals surface area contributed by atoms with Crippen molar-refractivity contribution in [2.75, 3.05) is 0 Å². The van der Waals surface area contributed by atoms with Crippen molar-refractivity contribution in [3.05, 3.63) is 168 Å². The predicted molar refractivity (Wildman–Crippen MR) is 200 cm³/mol. The van der Waals surface area contributed by atoms with Crippen molar-refractivity contribution in [1.29, 1.82) is 15.8 Å². The third-order valence-corrected chi connectivity index (χ3v) is 9.64. The maximum Gasteiger partial charge on any atom is 0.101 e. The van der Waals surface area contributed by atoms with Gasteiger partial charge in [-0.3, -0.25) is 0 Å². The largest absolute Gasteiger partial charge is 0.309 e. The van der Waals surface area contributed by atoms with Crippen LogP contribution in [0.25, 0.3) is 77.2 Å². The summed E-state index contributed by atoms with van der Waals surface area (Å²) in [5.41, 5.74) is 11.4. The number of hydrogen-bond donors (Lipinski definition) is 0. The van der Waals surface area contributed by atoms with Crippen LogP contribution in [-0.4, -0.2) is 9.13 Å². The summed E-state index contributed by atoms with van der Waals surface area (Å²) in [6.45, 7) is 0. The molecule has 0 aliphatic carbocycles. The zero-order chi connectivity index (χ0) is 33.8. The molecular weight excluding hydrogens is 611 g/mol. The molecule has 0 bridgehead atoms. The van der Waals surface area contributed by atoms with Gasteiger partial charge >= 0.3 is 0 Å². The van der Waals surface area contributed by atoms with Crippen molar-refractivity contribution < 1.29 is 0 Å². The Balaban J connectivity index is 1.25. The number of fused-ring (bicyclic) bond motifs is 6. The summed E-state index contributed by atoms with van der Waals surface area (Å²) in [4.78, 5) is 0. The van der Waals surface area contributed by atoms with Crippen LogP contribution in [0.2, 0.25) is 0 Å². The maximum atomic E-state index is 10.5. The second kappa shape index (κ2) is 11.4. The molecule has 0 saturated carbocycles. The Kier molecular flexibility index (Phi) is 6.56. The molecule has 9 rings (SSSR count). The lowest BCUT2D eigenvalue weighted by Gasteiger charge is -2.18. The summed E-state index contributed by atoms with van der Waals surface area (Å²) in [6, 6.07) is 57.9. The smallest absolute Gasteiger partial charge is 0.101 e. The van der Waals surface area contributed by atoms with Gasteiger partial charge in [0, 0.05) is 32.8 Å². The summed E-state index contributed by atoms with van der Waals surface area (Å²) in [5.74, 6) is 0. The van der Waals surface area contributed by atoms with Crippen molar-refractivity contribution >= 4 is 43.6 Å². The molecule has 0 unspecified atom stereocenters. The number of para-hydroxylation sites is 3. The molecule has 5 nitrogen and oxygen atoms in total. The number of rotatable bonds is 4. The molecule has 9 aromatic rings. The third kappa shape index (κ3) is 4.31. The molecule has 0 atom stereocenters. The molecule has 0 amide bonds. The molecular formula is C45H25N5. The summed E-state index contributed by atoms with van der Waals surface area (Å²) < 4.78 is 4.41. The van der Waals surface area contributed by atoms with Crippen LogP contribution in [-0.2, 0) is 0 Å². The highest BCUT2D eigenvalue weighted by molar-refractivity contribution is 6.11. The Bertz CT molecular complexity index is 2830. The zero-order valence-corrected chi connectivity index (χ0v) is 26.7. The average molecular weight is 636 g/mol. The second-order valence-corrected chi connectivity index (χ2v) is 12.3. The topological polar surface area (TPSA) is 81.2 Å². The Morgan fingerprint density at radius 3 is 1.48 bits per heavy atom. The monoisotopic (exact) mass is 635 g/mol. The van der Waals surface area contributed by atoms with E-state index in [9.17, 15) is 15.8 Å². The van der Waals surface area contributed by atoms with Crippen LogP contribution >= 0.6 is 0 Å². The van der Waals surface area contributed by atoms with Gasteiger partial charge in [0.05, 0.1) is 56.6 Å². The number of nitriles is 3. The van der Waals surface area contributed by atoms with E-state index in [-0.39, 0.29) is 0 Å². The van der Waals surface area contributed by atoms with Gasteiger partial charge in [-0.05, 0) is 83.4 Å². The van der Waals surface area contributed by atoms with E-state index >= 15 is 0 Å². The standard InChI is InChI=1S/C45H25N5/c46-26-29-16-22-43-39(24-29)40-25-30(27-47)17-23-44(40)50(43)45-32(28-48)8-7-13-38(45)35-10-2-1-9-34(35)31-18-20-33(21-19-31)49-41-14-5-3-11-36(41)37-12-4-6-15-42(37)49/h1-25H. The Morgan fingerprint density at radius 2 is 0.900 bits per heavy atom. The lowest BCUT2D eigenvalue weighted by Crippen LogP contribution is -2.01. The van der Waals surface area contributed by atoms with E-state index in [1.54, 1.807) is 12.1 Å². The second-order valence-electron chi connectivity index (χ2n) is 12.3. The zero-order valence-electron chi connectivity index (χ0n) is 26.7. The molecule has 230 valence electrons. The van der Waals surface area contributed by atoms with Gasteiger partial charge < -0.3 is 9.13 Å². The molecule has 0 aliphatic heterocycles. The lowest BCUT2D eigenvalue weighted by atomic mass is 9.92. The molecule has 2 aromatic heterocycles. The van der Waals surface area contributed by atoms with Crippen LogP contribution in [0.5, 0.6) is 0 Å². The van der Waals surface area contributed by atoms with E-state index in [4.69, 9.17) is 0 Å². The van der Waals surface area contributed by atoms with Gasteiger partial charge in [0.1, 0.15) is 6.07 Å². The Morgan fingerprint density at radius 1 is 0.380 bits per heavy atom. The average Bonchev–Trinajstić information content (AvgIpc) is 3.69. The quantitative estimate of drug-likeness (QED) is 0.193. The molecule has 2 heterocycles. The molecule has 50 heavy (non-hydrogen) atoms. The van der Waals surface area contributed by atoms with Crippen molar-refractivity contribution in [3.63, 3.8) is 0 Å². The van der Waals surface area contributed by atoms with Crippen LogP contribution in [0, 0.1) is 34.0 Å². The lowest BCUT2D eigenvalue weighted by molar-refractivity contribution is 1.17. The summed E-state index contributed by atoms with van der Waals surface area (Å²) in [5, 5.41) is 34.1. The first-order chi connectivity index (χ1) is 24.7. The van der Waals surface area contributed by atoms with E-state index in [1.165, 1.54) is 10.8 Å². The minimum atomic E-state index is 0.520. The van der Waals surface area contributed by atoms with Gasteiger partial charge in [-0.25, -0.2) is 0 Å². The molecule has 7 aromatic carbocycles. The molecule has 5 heteroatoms. The highest BCUT2D eigenvalue weighted by atomic mass is 15.0. The van der Waals surface area contributed by atoms with Crippen LogP contribution in [0.4, 0.5) is 0 Å². The molecule has 0 N–H and O–H groups in total. The van der Waals surface area contributed by atoms with Crippen LogP contribution in [0.1, 0.15) is 16.7 Å². The normalized spacial score (nSPS) is 11.1. The van der Waals surface area contributed by atoms with Crippen molar-refractivity contribution in [3.8, 4) is 51.8 Å². The number of hydrogen-bond acceptors (Lipinski definition) is 3. The van der Waals surface area contributed by atoms with Crippen LogP contribution in [0.3, 0.4) is 0 Å². The number of aromatic nitrogens is 2. The summed E-state index contributed by atoms with van der Waals surface area (Å²) in [7, 11) is 0. The van der Waals surface area contributed by atoms with E-state index in [1.807, 2.05) is 48.5 Å². The first-order valence-electron chi connectivity index (χ1n) is 16.3. The van der Waals surface area contributed by atoms with Gasteiger partial charge in [-0.1, -0.05) is 84.9 Å². The van der Waals surface area contributed by atoms with Crippen molar-refractivity contribution in [2.24, 2.45) is 0 Å². The third-order valence-electron chi connectivity index (χ3n) is 9.64. The van der Waals surface area contributed by atoms with Crippen molar-refractivity contribution in [2.45, 2.75) is 0 Å². The Hall–Kier alpha value is -7.39. The van der Waals surface area contributed by atoms with Gasteiger partial charge in [-0.2, -0.15) is 15.8 Å². The Labute approximate surface area is 287 Å². The first kappa shape index (κ1) is 28.8. The summed E-state index contributed by atoms with van der Waals surface area (Å²) in [6.07, 6.45) is 0. The fraction of sp³-hybridized carbons (Fsp3) is 0. The first-order valence-corrected chi connectivity index (χ1v) is 16.3. The fourth-order valence-corrected chi connectivity index (χ4v) is 7.46. The number of benzene rings is 7. The van der Waals surface area contributed by atoms with Crippen LogP contribution < -0.4 is 0 Å². The molecule has 0 saturated heterocycles. The van der Waals surface area contributed by atoms with Crippen LogP contribution in [0.15, 0.2) is 152 Å². The SMILES string of the molecule is N#Cc1ccc2c(c1)c1cc(C#N)ccc1n2-c1c(C#N)cccc1-c1ccccc1-c1ccc(-n2c3ccccc3c3ccccc32)cc1. The van der Waals surface area contributed by atoms with E-state index < -0.39 is 0 Å². The van der Waals surface area contributed by atoms with Gasteiger partial charge in [0.2, 0.25) is 0 Å². The predicted octanol–water partition coefficient (Wildman–Crippen LogP) is 10.8. The maximum absolute atomic E-state index is 10.5. The number of nitrogens with zero attached hydrogens (tertiary/aromatic N) is 5.